The summed E-state index contributed by atoms with van der Waals surface area (Å²) in [7, 11) is 0. The molecule has 6 heteroatoms. The normalized spacial score (nSPS) is 19.7. The number of hydrogen-bond acceptors (Lipinski definition) is 4. The maximum Gasteiger partial charge on any atom is 0.237 e. The van der Waals surface area contributed by atoms with Crippen LogP contribution in [0.4, 0.5) is 0 Å². The second kappa shape index (κ2) is 6.00. The summed E-state index contributed by atoms with van der Waals surface area (Å²) in [6.07, 6.45) is 1.82. The number of carbonyl (C=O) groups is 1. The van der Waals surface area contributed by atoms with Gasteiger partial charge in [0.25, 0.3) is 0 Å². The summed E-state index contributed by atoms with van der Waals surface area (Å²) < 4.78 is 5.72. The van der Waals surface area contributed by atoms with Gasteiger partial charge >= 0.3 is 0 Å². The molecule has 1 fully saturated rings. The second-order valence-corrected chi connectivity index (χ2v) is 4.64. The molecular formula is C12H16ClN3O2. The van der Waals surface area contributed by atoms with Gasteiger partial charge in [-0.2, -0.15) is 5.10 Å². The topological polar surface area (TPSA) is 55.3 Å². The molecule has 0 saturated carbocycles. The van der Waals surface area contributed by atoms with E-state index in [4.69, 9.17) is 16.3 Å². The molecule has 5 nitrogen and oxygen atoms in total. The van der Waals surface area contributed by atoms with Crippen LogP contribution in [0.5, 0.6) is 5.88 Å². The van der Waals surface area contributed by atoms with E-state index in [2.05, 4.69) is 10.2 Å². The van der Waals surface area contributed by atoms with Gasteiger partial charge in [-0.05, 0) is 25.8 Å². The van der Waals surface area contributed by atoms with E-state index in [1.807, 2.05) is 13.0 Å². The number of carbonyl (C=O) groups excluding carboxylic acids is 1. The molecule has 98 valence electrons. The maximum absolute atomic E-state index is 11.5. The third-order valence-electron chi connectivity index (χ3n) is 2.91. The highest BCUT2D eigenvalue weighted by molar-refractivity contribution is 6.27. The molecule has 0 bridgehead atoms. The lowest BCUT2D eigenvalue weighted by atomic mass is 10.1. The van der Waals surface area contributed by atoms with Gasteiger partial charge in [0, 0.05) is 12.6 Å². The molecule has 0 radical (unpaired) electrons. The summed E-state index contributed by atoms with van der Waals surface area (Å²) in [5.41, 5.74) is 0.852. The minimum Gasteiger partial charge on any atom is -0.471 e. The molecule has 2 heterocycles. The number of piperidine rings is 1. The monoisotopic (exact) mass is 269 g/mol. The van der Waals surface area contributed by atoms with Crippen LogP contribution in [-0.4, -0.2) is 46.1 Å². The molecule has 2 rings (SSSR count). The van der Waals surface area contributed by atoms with E-state index in [0.29, 0.717) is 12.4 Å². The van der Waals surface area contributed by atoms with Crippen LogP contribution in [0.2, 0.25) is 0 Å². The van der Waals surface area contributed by atoms with E-state index in [9.17, 15) is 4.79 Å². The molecule has 18 heavy (non-hydrogen) atoms. The van der Waals surface area contributed by atoms with Gasteiger partial charge in [-0.3, -0.25) is 4.79 Å². The summed E-state index contributed by atoms with van der Waals surface area (Å²) in [4.78, 5) is 13.3. The number of halogens is 1. The summed E-state index contributed by atoms with van der Waals surface area (Å²) in [5, 5.41) is 7.90. The minimum atomic E-state index is -0.0417. The summed E-state index contributed by atoms with van der Waals surface area (Å²) >= 11 is 5.56. The first-order valence-electron chi connectivity index (χ1n) is 6.00. The van der Waals surface area contributed by atoms with Gasteiger partial charge in [-0.25, -0.2) is 0 Å². The van der Waals surface area contributed by atoms with Gasteiger partial charge < -0.3 is 9.64 Å². The average molecular weight is 270 g/mol. The van der Waals surface area contributed by atoms with Crippen molar-refractivity contribution in [3.05, 3.63) is 17.8 Å². The van der Waals surface area contributed by atoms with Crippen molar-refractivity contribution in [2.75, 3.05) is 19.0 Å². The second-order valence-electron chi connectivity index (χ2n) is 4.37. The number of hydrogen-bond donors (Lipinski definition) is 0. The van der Waals surface area contributed by atoms with Crippen molar-refractivity contribution < 1.29 is 9.53 Å². The summed E-state index contributed by atoms with van der Waals surface area (Å²) in [6, 6.07) is 3.65. The molecule has 0 N–H and O–H groups in total. The van der Waals surface area contributed by atoms with E-state index >= 15 is 0 Å². The first kappa shape index (κ1) is 13.1. The van der Waals surface area contributed by atoms with Crippen molar-refractivity contribution in [1.29, 1.82) is 0 Å². The van der Waals surface area contributed by atoms with E-state index in [-0.39, 0.29) is 17.9 Å². The lowest BCUT2D eigenvalue weighted by Crippen LogP contribution is -2.45. The molecule has 1 aliphatic heterocycles. The Kier molecular flexibility index (Phi) is 4.36. The third kappa shape index (κ3) is 3.32. The largest absolute Gasteiger partial charge is 0.471 e. The maximum atomic E-state index is 11.5. The molecular weight excluding hydrogens is 254 g/mol. The molecule has 0 spiro atoms. The van der Waals surface area contributed by atoms with E-state index in [0.717, 1.165) is 25.1 Å². The summed E-state index contributed by atoms with van der Waals surface area (Å²) in [6.45, 7) is 3.20. The molecule has 1 aromatic heterocycles. The predicted octanol–water partition coefficient (Wildman–Crippen LogP) is 1.39. The van der Waals surface area contributed by atoms with Crippen LogP contribution in [-0.2, 0) is 4.79 Å². The Hall–Kier alpha value is -1.36. The molecule has 0 aromatic carbocycles. The SMILES string of the molecule is Cc1ccc(OC2CCCN(C(=O)CCl)C2)nn1. The van der Waals surface area contributed by atoms with Gasteiger partial charge in [0.05, 0.1) is 12.2 Å². The van der Waals surface area contributed by atoms with E-state index < -0.39 is 0 Å². The minimum absolute atomic E-state index is 0.0249. The zero-order chi connectivity index (χ0) is 13.0. The van der Waals surface area contributed by atoms with E-state index in [1.165, 1.54) is 0 Å². The van der Waals surface area contributed by atoms with Gasteiger partial charge in [0.15, 0.2) is 0 Å². The van der Waals surface area contributed by atoms with Crippen LogP contribution in [0.1, 0.15) is 18.5 Å². The first-order valence-corrected chi connectivity index (χ1v) is 6.53. The van der Waals surface area contributed by atoms with Gasteiger partial charge in [-0.1, -0.05) is 0 Å². The van der Waals surface area contributed by atoms with Crippen LogP contribution in [0.25, 0.3) is 0 Å². The van der Waals surface area contributed by atoms with Crippen LogP contribution in [0.3, 0.4) is 0 Å². The highest BCUT2D eigenvalue weighted by atomic mass is 35.5. The number of likely N-dealkylation sites (tertiary alicyclic amines) is 1. The van der Waals surface area contributed by atoms with Crippen LogP contribution >= 0.6 is 11.6 Å². The molecule has 1 saturated heterocycles. The van der Waals surface area contributed by atoms with Gasteiger partial charge in [-0.15, -0.1) is 16.7 Å². The average Bonchev–Trinajstić information content (AvgIpc) is 2.41. The Morgan fingerprint density at radius 2 is 2.39 bits per heavy atom. The fraction of sp³-hybridized carbons (Fsp3) is 0.583. The molecule has 1 amide bonds. The Morgan fingerprint density at radius 1 is 1.56 bits per heavy atom. The number of aryl methyl sites for hydroxylation is 1. The van der Waals surface area contributed by atoms with Gasteiger partial charge in [0.1, 0.15) is 12.0 Å². The fourth-order valence-corrected chi connectivity index (χ4v) is 2.13. The zero-order valence-corrected chi connectivity index (χ0v) is 11.1. The number of alkyl halides is 1. The Bertz CT molecular complexity index is 410. The van der Waals surface area contributed by atoms with Crippen molar-refractivity contribution in [3.8, 4) is 5.88 Å². The first-order chi connectivity index (χ1) is 8.69. The van der Waals surface area contributed by atoms with E-state index in [1.54, 1.807) is 11.0 Å². The Balaban J connectivity index is 1.93. The quantitative estimate of drug-likeness (QED) is 0.778. The van der Waals surface area contributed by atoms with Crippen LogP contribution < -0.4 is 4.74 Å². The Labute approximate surface area is 111 Å². The molecule has 1 atom stereocenters. The number of amides is 1. The molecule has 1 unspecified atom stereocenters. The van der Waals surface area contributed by atoms with Crippen molar-refractivity contribution in [3.63, 3.8) is 0 Å². The fourth-order valence-electron chi connectivity index (χ4n) is 1.97. The number of aromatic nitrogens is 2. The highest BCUT2D eigenvalue weighted by Crippen LogP contribution is 2.16. The zero-order valence-electron chi connectivity index (χ0n) is 10.3. The van der Waals surface area contributed by atoms with Gasteiger partial charge in [0.2, 0.25) is 11.8 Å². The molecule has 1 aromatic rings. The van der Waals surface area contributed by atoms with Crippen molar-refractivity contribution in [2.24, 2.45) is 0 Å². The number of nitrogens with zero attached hydrogens (tertiary/aromatic N) is 3. The van der Waals surface area contributed by atoms with Crippen molar-refractivity contribution in [2.45, 2.75) is 25.9 Å². The van der Waals surface area contributed by atoms with Crippen LogP contribution in [0.15, 0.2) is 12.1 Å². The standard InChI is InChI=1S/C12H16ClN3O2/c1-9-4-5-11(15-14-9)18-10-3-2-6-16(8-10)12(17)7-13/h4-5,10H,2-3,6-8H2,1H3. The Morgan fingerprint density at radius 3 is 3.06 bits per heavy atom. The molecule has 0 aliphatic carbocycles. The van der Waals surface area contributed by atoms with Crippen LogP contribution in [0, 0.1) is 6.92 Å². The number of rotatable bonds is 3. The smallest absolute Gasteiger partial charge is 0.237 e. The summed E-state index contributed by atoms with van der Waals surface area (Å²) in [5.74, 6) is 0.488. The van der Waals surface area contributed by atoms with Crippen molar-refractivity contribution >= 4 is 17.5 Å². The van der Waals surface area contributed by atoms with Crippen molar-refractivity contribution in [1.82, 2.24) is 15.1 Å². The number of ether oxygens (including phenoxy) is 1. The lowest BCUT2D eigenvalue weighted by molar-refractivity contribution is -0.131. The highest BCUT2D eigenvalue weighted by Gasteiger charge is 2.24. The molecule has 1 aliphatic rings. The predicted molar refractivity (Wildman–Crippen MR) is 67.7 cm³/mol. The third-order valence-corrected chi connectivity index (χ3v) is 3.13. The lowest BCUT2D eigenvalue weighted by Gasteiger charge is -2.32.